The number of rotatable bonds is 27. The van der Waals surface area contributed by atoms with Gasteiger partial charge in [-0.15, -0.1) is 0 Å². The first kappa shape index (κ1) is 56.4. The van der Waals surface area contributed by atoms with Crippen LogP contribution >= 0.6 is 0 Å². The van der Waals surface area contributed by atoms with Gasteiger partial charge in [-0.05, 0) is 239 Å². The number of unbranched alkanes of at least 4 members (excludes halogenated alkanes) is 5. The molecule has 76 heavy (non-hydrogen) atoms. The van der Waals surface area contributed by atoms with Gasteiger partial charge >= 0.3 is 11.9 Å². The molecule has 4 aliphatic carbocycles. The highest BCUT2D eigenvalue weighted by molar-refractivity contribution is 5.90. The summed E-state index contributed by atoms with van der Waals surface area (Å²) >= 11 is 0. The molecule has 0 amide bonds. The van der Waals surface area contributed by atoms with Crippen LogP contribution in [0.2, 0.25) is 0 Å². The maximum Gasteiger partial charge on any atom is 0.338 e. The molecular formula is C66H87N3O7. The second-order valence-corrected chi connectivity index (χ2v) is 23.5. The number of azo groups is 1. The molecule has 0 aliphatic heterocycles. The number of methoxy groups -OCH3 is 1. The highest BCUT2D eigenvalue weighted by Crippen LogP contribution is 2.67. The Labute approximate surface area is 454 Å². The van der Waals surface area contributed by atoms with Crippen molar-refractivity contribution in [3.05, 3.63) is 120 Å². The third kappa shape index (κ3) is 15.2. The summed E-state index contributed by atoms with van der Waals surface area (Å²) in [5.74, 6) is 7.01. The second kappa shape index (κ2) is 27.5. The lowest BCUT2D eigenvalue weighted by Gasteiger charge is -2.58. The first-order valence-corrected chi connectivity index (χ1v) is 29.1. The van der Waals surface area contributed by atoms with E-state index in [4.69, 9.17) is 23.7 Å². The van der Waals surface area contributed by atoms with Crippen LogP contribution in [0.15, 0.2) is 124 Å². The fourth-order valence-corrected chi connectivity index (χ4v) is 13.6. The van der Waals surface area contributed by atoms with Gasteiger partial charge in [-0.25, -0.2) is 4.79 Å². The monoisotopic (exact) mass is 1030 g/mol. The Bertz CT molecular complexity index is 2540. The number of nitrogens with zero attached hydrogens (tertiary/aromatic N) is 3. The molecule has 10 nitrogen and oxygen atoms in total. The first-order valence-electron chi connectivity index (χ1n) is 29.1. The molecule has 4 aromatic rings. The van der Waals surface area contributed by atoms with Gasteiger partial charge in [0.1, 0.15) is 23.4 Å². The zero-order valence-electron chi connectivity index (χ0n) is 46.7. The van der Waals surface area contributed by atoms with E-state index < -0.39 is 0 Å². The van der Waals surface area contributed by atoms with Crippen LogP contribution in [0.25, 0.3) is 0 Å². The van der Waals surface area contributed by atoms with E-state index in [1.807, 2.05) is 84.9 Å². The summed E-state index contributed by atoms with van der Waals surface area (Å²) in [6, 6.07) is 30.0. The normalized spacial score (nSPS) is 24.4. The van der Waals surface area contributed by atoms with E-state index in [9.17, 15) is 9.59 Å². The predicted octanol–water partition coefficient (Wildman–Crippen LogP) is 17.5. The number of hydrogen-bond donors (Lipinski definition) is 0. The van der Waals surface area contributed by atoms with Crippen molar-refractivity contribution in [3.63, 3.8) is 0 Å². The molecule has 3 saturated carbocycles. The predicted molar refractivity (Wildman–Crippen MR) is 305 cm³/mol. The lowest BCUT2D eigenvalue weighted by molar-refractivity contribution is -0.151. The average Bonchev–Trinajstić information content (AvgIpc) is 3.85. The van der Waals surface area contributed by atoms with E-state index in [2.05, 4.69) is 55.9 Å². The third-order valence-electron chi connectivity index (χ3n) is 17.9. The van der Waals surface area contributed by atoms with Crippen molar-refractivity contribution in [2.45, 2.75) is 163 Å². The van der Waals surface area contributed by atoms with Crippen LogP contribution in [-0.4, -0.2) is 51.2 Å². The van der Waals surface area contributed by atoms with Gasteiger partial charge in [-0.2, -0.15) is 10.2 Å². The molecule has 4 aromatic carbocycles. The third-order valence-corrected chi connectivity index (χ3v) is 17.9. The minimum atomic E-state index is -0.332. The standard InChI is InChI=1S/C66H87N3O7/c1-47(2)15-14-16-48(3)60-36-37-61-59-35-22-51-45-58(38-40-65(51,4)62(59)39-41-66(60,61)5)76-63(70)17-10-9-13-43-73-56-29-18-49(19-30-56)46-67-52-23-20-50(21-24-52)64(71)75-44-12-8-7-11-42-74-57-33-27-54(28-34-57)69-68-53-25-31-55(72-6)32-26-53/h18-34,46-48,58-62H,7-17,35-45H2,1-6H3/t48-,58+,59+,60-,61+,62+,65+,66-/m1/s1. The number of esters is 2. The van der Waals surface area contributed by atoms with Crippen LogP contribution in [0.1, 0.15) is 173 Å². The van der Waals surface area contributed by atoms with E-state index in [1.54, 1.807) is 31.0 Å². The maximum atomic E-state index is 13.0. The van der Waals surface area contributed by atoms with Gasteiger partial charge < -0.3 is 23.7 Å². The van der Waals surface area contributed by atoms with Gasteiger partial charge in [0.05, 0.1) is 49.6 Å². The average molecular weight is 1030 g/mol. The molecular weight excluding hydrogens is 947 g/mol. The Hall–Kier alpha value is -5.77. The second-order valence-electron chi connectivity index (χ2n) is 23.5. The van der Waals surface area contributed by atoms with E-state index in [0.717, 1.165) is 140 Å². The summed E-state index contributed by atoms with van der Waals surface area (Å²) in [5, 5.41) is 8.55. The fraction of sp³-hybridized carbons (Fsp3) is 0.561. The van der Waals surface area contributed by atoms with Crippen molar-refractivity contribution in [1.29, 1.82) is 0 Å². The molecule has 408 valence electrons. The van der Waals surface area contributed by atoms with Gasteiger partial charge in [-0.3, -0.25) is 9.79 Å². The minimum absolute atomic E-state index is 0.0214. The van der Waals surface area contributed by atoms with Crippen molar-refractivity contribution >= 4 is 35.2 Å². The largest absolute Gasteiger partial charge is 0.497 e. The number of carbonyl (C=O) groups excluding carboxylic acids is 2. The SMILES string of the molecule is COc1ccc(N=Nc2ccc(OCCCCCCOC(=O)c3ccc(N=Cc4ccc(OCCCCCC(=O)O[C@H]5CC[C@@]6(C)C(=CC[C@H]7[C@@H]8CC[C@H]([C@H](C)CCCC(C)C)[C@@]8(C)CC[C@@H]76)C5)cc4)cc3)cc2)cc1. The topological polar surface area (TPSA) is 117 Å². The smallest absolute Gasteiger partial charge is 0.338 e. The molecule has 4 aliphatic rings. The Balaban J connectivity index is 0.646. The Morgan fingerprint density at radius 1 is 0.645 bits per heavy atom. The molecule has 0 radical (unpaired) electrons. The summed E-state index contributed by atoms with van der Waals surface area (Å²) in [5.41, 5.74) is 6.07. The van der Waals surface area contributed by atoms with Gasteiger partial charge in [0, 0.05) is 19.1 Å². The van der Waals surface area contributed by atoms with Gasteiger partial charge in [-0.1, -0.05) is 65.5 Å². The number of carbonyl (C=O) groups is 2. The summed E-state index contributed by atoms with van der Waals surface area (Å²) in [6.45, 7) is 14.1. The van der Waals surface area contributed by atoms with Crippen molar-refractivity contribution < 1.29 is 33.3 Å². The molecule has 0 N–H and O–H groups in total. The van der Waals surface area contributed by atoms with Crippen molar-refractivity contribution in [2.24, 2.45) is 61.6 Å². The van der Waals surface area contributed by atoms with Crippen LogP contribution in [0.5, 0.6) is 17.2 Å². The Morgan fingerprint density at radius 2 is 1.26 bits per heavy atom. The van der Waals surface area contributed by atoms with Crippen molar-refractivity contribution in [1.82, 2.24) is 0 Å². The first-order chi connectivity index (χ1) is 36.9. The Kier molecular flexibility index (Phi) is 20.4. The maximum absolute atomic E-state index is 13.0. The minimum Gasteiger partial charge on any atom is -0.497 e. The summed E-state index contributed by atoms with van der Waals surface area (Å²) in [4.78, 5) is 30.3. The van der Waals surface area contributed by atoms with Crippen LogP contribution in [0, 0.1) is 46.3 Å². The Morgan fingerprint density at radius 3 is 1.92 bits per heavy atom. The van der Waals surface area contributed by atoms with E-state index in [1.165, 1.54) is 51.4 Å². The van der Waals surface area contributed by atoms with Crippen molar-refractivity contribution in [3.8, 4) is 17.2 Å². The number of allylic oxidation sites excluding steroid dienone is 1. The van der Waals surface area contributed by atoms with E-state index in [-0.39, 0.29) is 23.5 Å². The van der Waals surface area contributed by atoms with Crippen LogP contribution in [0.3, 0.4) is 0 Å². The molecule has 0 bridgehead atoms. The number of benzene rings is 4. The molecule has 0 aromatic heterocycles. The highest BCUT2D eigenvalue weighted by atomic mass is 16.5. The fourth-order valence-electron chi connectivity index (χ4n) is 13.6. The molecule has 10 heteroatoms. The molecule has 0 spiro atoms. The van der Waals surface area contributed by atoms with Crippen molar-refractivity contribution in [2.75, 3.05) is 26.9 Å². The number of aliphatic imine (C=N–C) groups is 1. The van der Waals surface area contributed by atoms with Crippen LogP contribution in [-0.2, 0) is 14.3 Å². The highest BCUT2D eigenvalue weighted by Gasteiger charge is 2.59. The van der Waals surface area contributed by atoms with Gasteiger partial charge in [0.15, 0.2) is 0 Å². The quantitative estimate of drug-likeness (QED) is 0.0192. The number of fused-ring (bicyclic) bond motifs is 5. The summed E-state index contributed by atoms with van der Waals surface area (Å²) < 4.78 is 28.8. The molecule has 0 heterocycles. The van der Waals surface area contributed by atoms with E-state index >= 15 is 0 Å². The van der Waals surface area contributed by atoms with Crippen LogP contribution in [0.4, 0.5) is 17.1 Å². The molecule has 0 saturated heterocycles. The lowest BCUT2D eigenvalue weighted by Crippen LogP contribution is -2.51. The molecule has 0 unspecified atom stereocenters. The lowest BCUT2D eigenvalue weighted by atomic mass is 9.47. The molecule has 8 rings (SSSR count). The summed E-state index contributed by atoms with van der Waals surface area (Å²) in [6.07, 6.45) is 25.2. The van der Waals surface area contributed by atoms with Gasteiger partial charge in [0.2, 0.25) is 0 Å². The number of ether oxygens (including phenoxy) is 5. The van der Waals surface area contributed by atoms with E-state index in [0.29, 0.717) is 37.2 Å². The zero-order chi connectivity index (χ0) is 53.3. The zero-order valence-corrected chi connectivity index (χ0v) is 46.7. The molecule has 8 atom stereocenters. The molecule has 3 fully saturated rings. The van der Waals surface area contributed by atoms with Crippen LogP contribution < -0.4 is 14.2 Å². The van der Waals surface area contributed by atoms with Gasteiger partial charge in [0.25, 0.3) is 0 Å². The number of hydrogen-bond acceptors (Lipinski definition) is 10. The summed E-state index contributed by atoms with van der Waals surface area (Å²) in [7, 11) is 1.63.